The van der Waals surface area contributed by atoms with Crippen LogP contribution in [0.2, 0.25) is 12.1 Å². The third kappa shape index (κ3) is 4.89. The summed E-state index contributed by atoms with van der Waals surface area (Å²) < 4.78 is 11.9. The highest BCUT2D eigenvalue weighted by atomic mass is 28.4. The van der Waals surface area contributed by atoms with Crippen molar-refractivity contribution in [3.8, 4) is 0 Å². The molecule has 0 aliphatic carbocycles. The number of rotatable bonds is 10. The summed E-state index contributed by atoms with van der Waals surface area (Å²) in [6, 6.07) is 10.5. The van der Waals surface area contributed by atoms with E-state index in [0.717, 1.165) is 38.0 Å². The lowest BCUT2D eigenvalue weighted by Crippen LogP contribution is -2.40. The van der Waals surface area contributed by atoms with Crippen molar-refractivity contribution in [1.29, 1.82) is 0 Å². The summed E-state index contributed by atoms with van der Waals surface area (Å²) in [4.78, 5) is 0. The van der Waals surface area contributed by atoms with Crippen LogP contribution in [0.4, 0.5) is 0 Å². The highest BCUT2D eigenvalue weighted by Crippen LogP contribution is 2.20. The molecule has 1 rings (SSSR count). The molecule has 3 heteroatoms. The van der Waals surface area contributed by atoms with Crippen LogP contribution in [0.3, 0.4) is 0 Å². The molecule has 0 saturated heterocycles. The SMILES string of the molecule is C=Cc1ccccc1CCCO[Si](CC)(CCC)OC. The van der Waals surface area contributed by atoms with Gasteiger partial charge in [-0.15, -0.1) is 0 Å². The molecule has 2 nitrogen and oxygen atoms in total. The van der Waals surface area contributed by atoms with Crippen LogP contribution in [-0.2, 0) is 15.3 Å². The van der Waals surface area contributed by atoms with Crippen LogP contribution in [0.1, 0.15) is 37.8 Å². The average Bonchev–Trinajstić information content (AvgIpc) is 2.51. The second-order valence-electron chi connectivity index (χ2n) is 5.07. The van der Waals surface area contributed by atoms with Crippen molar-refractivity contribution in [3.05, 3.63) is 42.0 Å². The van der Waals surface area contributed by atoms with E-state index in [-0.39, 0.29) is 0 Å². The van der Waals surface area contributed by atoms with E-state index in [0.29, 0.717) is 0 Å². The molecule has 1 aromatic rings. The van der Waals surface area contributed by atoms with Crippen molar-refractivity contribution in [3.63, 3.8) is 0 Å². The van der Waals surface area contributed by atoms with Crippen molar-refractivity contribution < 1.29 is 8.85 Å². The second kappa shape index (κ2) is 9.11. The smallest absolute Gasteiger partial charge is 0.337 e. The monoisotopic (exact) mass is 292 g/mol. The first-order valence-electron chi connectivity index (χ1n) is 7.60. The maximum Gasteiger partial charge on any atom is 0.337 e. The Balaban J connectivity index is 2.46. The predicted octanol–water partition coefficient (Wildman–Crippen LogP) is 4.80. The molecule has 0 fully saturated rings. The molecule has 0 radical (unpaired) electrons. The molecule has 0 bridgehead atoms. The number of aryl methyl sites for hydroxylation is 1. The standard InChI is InChI=1S/C17H28O2Si/c1-5-15-20(7-3,18-4)19-14-10-13-17-12-9-8-11-16(17)6-2/h6,8-9,11-12H,2,5,7,10,13-15H2,1,3-4H3. The van der Waals surface area contributed by atoms with Crippen LogP contribution < -0.4 is 0 Å². The van der Waals surface area contributed by atoms with Crippen LogP contribution >= 0.6 is 0 Å². The molecular formula is C17H28O2Si. The lowest BCUT2D eigenvalue weighted by Gasteiger charge is -2.27. The zero-order valence-corrected chi connectivity index (χ0v) is 14.2. The predicted molar refractivity (Wildman–Crippen MR) is 89.1 cm³/mol. The summed E-state index contributed by atoms with van der Waals surface area (Å²) in [6.45, 7) is 9.03. The van der Waals surface area contributed by atoms with Gasteiger partial charge in [0.2, 0.25) is 0 Å². The average molecular weight is 292 g/mol. The van der Waals surface area contributed by atoms with E-state index in [1.54, 1.807) is 7.11 Å². The maximum atomic E-state index is 6.15. The molecule has 1 unspecified atom stereocenters. The summed E-state index contributed by atoms with van der Waals surface area (Å²) in [5.41, 5.74) is 2.58. The van der Waals surface area contributed by atoms with Gasteiger partial charge in [-0.2, -0.15) is 0 Å². The summed E-state index contributed by atoms with van der Waals surface area (Å²) in [6.07, 6.45) is 5.12. The van der Waals surface area contributed by atoms with Gasteiger partial charge in [0.05, 0.1) is 0 Å². The van der Waals surface area contributed by atoms with Crippen molar-refractivity contribution in [1.82, 2.24) is 0 Å². The Bertz CT molecular complexity index is 400. The molecule has 0 N–H and O–H groups in total. The number of benzene rings is 1. The Morgan fingerprint density at radius 2 is 2.00 bits per heavy atom. The van der Waals surface area contributed by atoms with Gasteiger partial charge >= 0.3 is 8.56 Å². The summed E-state index contributed by atoms with van der Waals surface area (Å²) >= 11 is 0. The zero-order valence-electron chi connectivity index (χ0n) is 13.2. The minimum absolute atomic E-state index is 0.791. The third-order valence-corrected chi connectivity index (χ3v) is 7.59. The topological polar surface area (TPSA) is 18.5 Å². The minimum atomic E-state index is -1.92. The fourth-order valence-electron chi connectivity index (χ4n) is 2.52. The van der Waals surface area contributed by atoms with Crippen LogP contribution in [0.25, 0.3) is 6.08 Å². The largest absolute Gasteiger partial charge is 0.398 e. The maximum absolute atomic E-state index is 6.15. The summed E-state index contributed by atoms with van der Waals surface area (Å²) in [5, 5.41) is 0. The molecule has 0 saturated carbocycles. The molecule has 0 aliphatic rings. The first-order chi connectivity index (χ1) is 9.71. The molecule has 20 heavy (non-hydrogen) atoms. The van der Waals surface area contributed by atoms with Crippen LogP contribution in [0, 0.1) is 0 Å². The fraction of sp³-hybridized carbons (Fsp3) is 0.529. The Kier molecular flexibility index (Phi) is 7.81. The van der Waals surface area contributed by atoms with Crippen molar-refractivity contribution in [2.45, 2.75) is 45.2 Å². The Morgan fingerprint density at radius 3 is 2.60 bits per heavy atom. The first kappa shape index (κ1) is 17.1. The molecule has 0 aliphatic heterocycles. The fourth-order valence-corrected chi connectivity index (χ4v) is 5.11. The lowest BCUT2D eigenvalue weighted by atomic mass is 10.0. The van der Waals surface area contributed by atoms with Gasteiger partial charge in [-0.05, 0) is 36.1 Å². The van der Waals surface area contributed by atoms with Crippen molar-refractivity contribution >= 4 is 14.6 Å². The van der Waals surface area contributed by atoms with E-state index in [1.165, 1.54) is 11.1 Å². The minimum Gasteiger partial charge on any atom is -0.398 e. The van der Waals surface area contributed by atoms with Gasteiger partial charge < -0.3 is 8.85 Å². The van der Waals surface area contributed by atoms with Crippen LogP contribution in [0.15, 0.2) is 30.8 Å². The highest BCUT2D eigenvalue weighted by molar-refractivity contribution is 6.67. The highest BCUT2D eigenvalue weighted by Gasteiger charge is 2.32. The molecule has 1 aromatic carbocycles. The van der Waals surface area contributed by atoms with E-state index in [2.05, 4.69) is 44.7 Å². The second-order valence-corrected chi connectivity index (χ2v) is 8.80. The van der Waals surface area contributed by atoms with E-state index < -0.39 is 8.56 Å². The molecule has 1 atom stereocenters. The number of hydrogen-bond donors (Lipinski definition) is 0. The zero-order chi connectivity index (χ0) is 14.8. The normalized spacial score (nSPS) is 13.9. The molecule has 0 aromatic heterocycles. The van der Waals surface area contributed by atoms with Gasteiger partial charge in [0.25, 0.3) is 0 Å². The van der Waals surface area contributed by atoms with Gasteiger partial charge in [-0.3, -0.25) is 0 Å². The van der Waals surface area contributed by atoms with Gasteiger partial charge in [-0.25, -0.2) is 0 Å². The van der Waals surface area contributed by atoms with E-state index in [4.69, 9.17) is 8.85 Å². The first-order valence-corrected chi connectivity index (χ1v) is 9.84. The molecular weight excluding hydrogens is 264 g/mol. The van der Waals surface area contributed by atoms with Crippen molar-refractivity contribution in [2.24, 2.45) is 0 Å². The quantitative estimate of drug-likeness (QED) is 0.455. The van der Waals surface area contributed by atoms with E-state index in [9.17, 15) is 0 Å². The third-order valence-electron chi connectivity index (χ3n) is 3.77. The summed E-state index contributed by atoms with van der Waals surface area (Å²) in [7, 11) is -0.120. The molecule has 0 spiro atoms. The number of hydrogen-bond acceptors (Lipinski definition) is 2. The molecule has 0 heterocycles. The Labute approximate surface area is 125 Å². The van der Waals surface area contributed by atoms with Gasteiger partial charge in [0.1, 0.15) is 0 Å². The van der Waals surface area contributed by atoms with E-state index >= 15 is 0 Å². The van der Waals surface area contributed by atoms with Gasteiger partial charge in [0, 0.05) is 13.7 Å². The van der Waals surface area contributed by atoms with E-state index in [1.807, 2.05) is 6.08 Å². The van der Waals surface area contributed by atoms with Crippen LogP contribution in [-0.4, -0.2) is 22.3 Å². The molecule has 112 valence electrons. The Hall–Kier alpha value is -0.903. The lowest BCUT2D eigenvalue weighted by molar-refractivity contribution is 0.196. The summed E-state index contributed by atoms with van der Waals surface area (Å²) in [5.74, 6) is 0. The van der Waals surface area contributed by atoms with Gasteiger partial charge in [-0.1, -0.05) is 57.2 Å². The van der Waals surface area contributed by atoms with Gasteiger partial charge in [0.15, 0.2) is 0 Å². The molecule has 0 amide bonds. The van der Waals surface area contributed by atoms with Crippen LogP contribution in [0.5, 0.6) is 0 Å². The van der Waals surface area contributed by atoms with Crippen molar-refractivity contribution in [2.75, 3.05) is 13.7 Å². The Morgan fingerprint density at radius 1 is 1.25 bits per heavy atom.